The molecule has 0 saturated carbocycles. The minimum atomic E-state index is -2.70. The van der Waals surface area contributed by atoms with Gasteiger partial charge in [0.05, 0.1) is 16.3 Å². The van der Waals surface area contributed by atoms with Gasteiger partial charge in [0.2, 0.25) is 5.92 Å². The molecule has 3 rings (SSSR count). The molecule has 1 fully saturated rings. The Morgan fingerprint density at radius 2 is 2.07 bits per heavy atom. The van der Waals surface area contributed by atoms with Gasteiger partial charge in [-0.1, -0.05) is 23.7 Å². The lowest BCUT2D eigenvalue weighted by Crippen LogP contribution is -2.29. The number of carbonyl (C=O) groups is 1. The van der Waals surface area contributed by atoms with Crippen molar-refractivity contribution in [3.05, 3.63) is 46.6 Å². The second-order valence-corrected chi connectivity index (χ2v) is 9.52. The number of hydrogen-bond donors (Lipinski definition) is 2. The predicted molar refractivity (Wildman–Crippen MR) is 113 cm³/mol. The number of aryl methyl sites for hydroxylation is 1. The van der Waals surface area contributed by atoms with E-state index in [1.165, 1.54) is 0 Å². The number of amides is 1. The number of aromatic nitrogens is 1. The van der Waals surface area contributed by atoms with Crippen LogP contribution in [-0.4, -0.2) is 38.5 Å². The zero-order valence-electron chi connectivity index (χ0n) is 16.4. The Kier molecular flexibility index (Phi) is 6.43. The van der Waals surface area contributed by atoms with Crippen LogP contribution in [0.25, 0.3) is 0 Å². The minimum absolute atomic E-state index is 0.122. The number of rotatable bonds is 4. The van der Waals surface area contributed by atoms with E-state index in [0.29, 0.717) is 35.2 Å². The number of pyridine rings is 1. The van der Waals surface area contributed by atoms with Gasteiger partial charge in [-0.25, -0.2) is 13.8 Å². The number of benzene rings is 1. The fourth-order valence-electron chi connectivity index (χ4n) is 3.28. The van der Waals surface area contributed by atoms with Gasteiger partial charge >= 0.3 is 0 Å². The van der Waals surface area contributed by atoms with Crippen molar-refractivity contribution in [2.75, 3.05) is 23.3 Å². The van der Waals surface area contributed by atoms with E-state index in [0.717, 1.165) is 5.19 Å². The molecular weight excluding hydrogens is 414 g/mol. The number of nitrogens with one attached hydrogen (secondary N) is 2. The van der Waals surface area contributed by atoms with Gasteiger partial charge < -0.3 is 15.3 Å². The second kappa shape index (κ2) is 8.67. The van der Waals surface area contributed by atoms with Crippen LogP contribution in [-0.2, 0) is 0 Å². The lowest BCUT2D eigenvalue weighted by atomic mass is 10.1. The van der Waals surface area contributed by atoms with Gasteiger partial charge in [-0.15, -0.1) is 0 Å². The summed E-state index contributed by atoms with van der Waals surface area (Å²) in [5, 5.41) is 12.0. The molecule has 1 aromatic heterocycles. The van der Waals surface area contributed by atoms with E-state index in [2.05, 4.69) is 10.3 Å². The first kappa shape index (κ1) is 21.5. The van der Waals surface area contributed by atoms with Gasteiger partial charge in [0, 0.05) is 31.6 Å². The summed E-state index contributed by atoms with van der Waals surface area (Å²) in [4.78, 5) is 19.2. The van der Waals surface area contributed by atoms with Gasteiger partial charge in [-0.2, -0.15) is 0 Å². The Morgan fingerprint density at radius 3 is 2.79 bits per heavy atom. The van der Waals surface area contributed by atoms with Crippen LogP contribution >= 0.6 is 11.6 Å². The molecule has 154 valence electrons. The quantitative estimate of drug-likeness (QED) is 0.688. The molecule has 0 unspecified atom stereocenters. The zero-order chi connectivity index (χ0) is 21.2. The average molecular weight is 437 g/mol. The molecular formula is C20H23ClF2N4OSi. The zero-order valence-corrected chi connectivity index (χ0v) is 18.1. The third-order valence-corrected chi connectivity index (χ3v) is 6.51. The lowest BCUT2D eigenvalue weighted by Gasteiger charge is -2.24. The number of nitrogens with zero attached hydrogens (tertiary/aromatic N) is 2. The van der Waals surface area contributed by atoms with Gasteiger partial charge in [0.15, 0.2) is 0 Å². The summed E-state index contributed by atoms with van der Waals surface area (Å²) in [7, 11) is -1.40. The van der Waals surface area contributed by atoms with E-state index >= 15 is 0 Å². The third-order valence-electron chi connectivity index (χ3n) is 4.95. The first-order chi connectivity index (χ1) is 13.7. The SMILES string of the molecule is Cc1nc(N2CCCC(F)(F)CC2)c(C(=O)Nc2cccc([Si](C)=N)c2)cc1Cl. The molecule has 2 N–H and O–H groups in total. The summed E-state index contributed by atoms with van der Waals surface area (Å²) in [6.45, 7) is 4.10. The fraction of sp³-hybridized carbons (Fsp3) is 0.400. The maximum Gasteiger partial charge on any atom is 0.259 e. The summed E-state index contributed by atoms with van der Waals surface area (Å²) < 4.78 is 27.6. The summed E-state index contributed by atoms with van der Waals surface area (Å²) >= 11 is 6.21. The largest absolute Gasteiger partial charge is 0.356 e. The Bertz CT molecular complexity index is 954. The van der Waals surface area contributed by atoms with Crippen molar-refractivity contribution in [2.24, 2.45) is 0 Å². The lowest BCUT2D eigenvalue weighted by molar-refractivity contribution is -0.0102. The molecule has 1 aromatic carbocycles. The van der Waals surface area contributed by atoms with Crippen LogP contribution in [0.5, 0.6) is 0 Å². The average Bonchev–Trinajstić information content (AvgIpc) is 2.84. The predicted octanol–water partition coefficient (Wildman–Crippen LogP) is 4.60. The number of halogens is 3. The van der Waals surface area contributed by atoms with Crippen molar-refractivity contribution in [3.63, 3.8) is 0 Å². The molecule has 1 aliphatic heterocycles. The topological polar surface area (TPSA) is 69.1 Å². The molecule has 0 aliphatic carbocycles. The Balaban J connectivity index is 1.92. The van der Waals surface area contributed by atoms with Crippen molar-refractivity contribution in [2.45, 2.75) is 38.7 Å². The number of alkyl halides is 2. The van der Waals surface area contributed by atoms with Crippen LogP contribution in [0.1, 0.15) is 35.3 Å². The summed E-state index contributed by atoms with van der Waals surface area (Å²) in [5.41, 5.74) is 1.38. The van der Waals surface area contributed by atoms with Crippen LogP contribution in [0.2, 0.25) is 11.6 Å². The highest BCUT2D eigenvalue weighted by Gasteiger charge is 2.33. The summed E-state index contributed by atoms with van der Waals surface area (Å²) in [5.74, 6) is -2.73. The molecule has 1 amide bonds. The van der Waals surface area contributed by atoms with Crippen molar-refractivity contribution >= 4 is 42.8 Å². The Labute approximate surface area is 175 Å². The molecule has 0 spiro atoms. The normalized spacial score (nSPS) is 16.2. The smallest absolute Gasteiger partial charge is 0.259 e. The van der Waals surface area contributed by atoms with E-state index in [1.54, 1.807) is 36.1 Å². The Hall–Kier alpha value is -2.19. The highest BCUT2D eigenvalue weighted by molar-refractivity contribution is 6.59. The van der Waals surface area contributed by atoms with E-state index in [-0.39, 0.29) is 24.9 Å². The van der Waals surface area contributed by atoms with Gasteiger partial charge in [-0.05, 0) is 43.3 Å². The Morgan fingerprint density at radius 1 is 1.31 bits per heavy atom. The first-order valence-corrected chi connectivity index (χ1v) is 11.8. The summed E-state index contributed by atoms with van der Waals surface area (Å²) in [6.07, 6.45) is -0.118. The van der Waals surface area contributed by atoms with Gasteiger partial charge in [-0.3, -0.25) is 4.79 Å². The molecule has 0 atom stereocenters. The minimum Gasteiger partial charge on any atom is -0.356 e. The molecule has 5 nitrogen and oxygen atoms in total. The number of carbonyl (C=O) groups excluding carboxylic acids is 1. The van der Waals surface area contributed by atoms with Crippen molar-refractivity contribution in [1.29, 1.82) is 5.05 Å². The molecule has 0 radical (unpaired) electrons. The number of anilines is 2. The van der Waals surface area contributed by atoms with Crippen LogP contribution in [0.3, 0.4) is 0 Å². The highest BCUT2D eigenvalue weighted by Crippen LogP contribution is 2.32. The second-order valence-electron chi connectivity index (χ2n) is 7.28. The van der Waals surface area contributed by atoms with Crippen LogP contribution in [0, 0.1) is 12.0 Å². The van der Waals surface area contributed by atoms with Crippen molar-refractivity contribution < 1.29 is 13.6 Å². The molecule has 2 aromatic rings. The van der Waals surface area contributed by atoms with Crippen LogP contribution in [0.4, 0.5) is 20.3 Å². The van der Waals surface area contributed by atoms with Crippen LogP contribution < -0.4 is 15.4 Å². The fourth-order valence-corrected chi connectivity index (χ4v) is 4.15. The molecule has 1 saturated heterocycles. The van der Waals surface area contributed by atoms with E-state index in [9.17, 15) is 13.6 Å². The van der Waals surface area contributed by atoms with E-state index in [4.69, 9.17) is 16.7 Å². The van der Waals surface area contributed by atoms with Gasteiger partial charge in [0.1, 0.15) is 14.4 Å². The number of hydrogen-bond acceptors (Lipinski definition) is 4. The highest BCUT2D eigenvalue weighted by atomic mass is 35.5. The van der Waals surface area contributed by atoms with Crippen LogP contribution in [0.15, 0.2) is 30.3 Å². The molecule has 9 heteroatoms. The standard InChI is InChI=1S/C20H23ClF2N4OSi/c1-13-17(21)12-16(18(25-13)27-9-4-7-20(22,23)8-10-27)19(28)26-14-5-3-6-15(11-14)29(2)24/h3,5-6,11-12,24H,4,7-10H2,1-2H3,(H,26,28). The van der Waals surface area contributed by atoms with E-state index < -0.39 is 20.4 Å². The monoisotopic (exact) mass is 436 g/mol. The summed E-state index contributed by atoms with van der Waals surface area (Å²) in [6, 6.07) is 8.74. The van der Waals surface area contributed by atoms with Gasteiger partial charge in [0.25, 0.3) is 5.91 Å². The molecule has 29 heavy (non-hydrogen) atoms. The molecule has 1 aliphatic rings. The third kappa shape index (κ3) is 5.25. The van der Waals surface area contributed by atoms with E-state index in [1.807, 2.05) is 12.6 Å². The van der Waals surface area contributed by atoms with Crippen molar-refractivity contribution in [1.82, 2.24) is 4.98 Å². The first-order valence-electron chi connectivity index (χ1n) is 9.43. The van der Waals surface area contributed by atoms with Crippen molar-refractivity contribution in [3.8, 4) is 0 Å². The molecule has 2 heterocycles. The molecule has 0 bridgehead atoms. The maximum atomic E-state index is 13.8. The maximum absolute atomic E-state index is 13.8.